The minimum Gasteiger partial charge on any atom is -0.382 e. The van der Waals surface area contributed by atoms with E-state index in [0.717, 1.165) is 41.2 Å². The summed E-state index contributed by atoms with van der Waals surface area (Å²) < 4.78 is 2.02. The standard InChI is InChI=1S/C31H35N7O2S/c1-19-3-4-24(18-38(19)26(39)12-16-41-2)30-36-27(28-29(32)34-14-15-37(28)30)21-7-9-22(10-8-21)31(40)35-25-17-23(11-13-33-25)20-5-6-20/h7-11,13-15,17,19-20,24H,3-6,12,16,18H2,1-2H3,(H2,32,34)(H,33,35,40)/t19-,24+/m1/s1. The van der Waals surface area contributed by atoms with Crippen LogP contribution in [0.15, 0.2) is 55.0 Å². The predicted molar refractivity (Wildman–Crippen MR) is 163 cm³/mol. The summed E-state index contributed by atoms with van der Waals surface area (Å²) in [5, 5.41) is 2.92. The minimum absolute atomic E-state index is 0.0800. The Morgan fingerprint density at radius 2 is 1.83 bits per heavy atom. The van der Waals surface area contributed by atoms with E-state index in [9.17, 15) is 9.59 Å². The SMILES string of the molecule is CSCCC(=O)N1C[C@@H](c2nc(-c3ccc(C(=O)Nc4cc(C5CC5)ccn4)cc3)c3c(N)nccn23)CC[C@H]1C. The third-order valence-electron chi connectivity index (χ3n) is 8.19. The number of amides is 2. The molecule has 4 heterocycles. The number of likely N-dealkylation sites (tertiary alicyclic amines) is 1. The quantitative estimate of drug-likeness (QED) is 0.294. The van der Waals surface area contributed by atoms with Gasteiger partial charge in [-0.3, -0.25) is 14.0 Å². The van der Waals surface area contributed by atoms with E-state index in [4.69, 9.17) is 10.7 Å². The van der Waals surface area contributed by atoms with Crippen molar-refractivity contribution >= 4 is 40.7 Å². The summed E-state index contributed by atoms with van der Waals surface area (Å²) in [6.07, 6.45) is 12.1. The van der Waals surface area contributed by atoms with E-state index in [-0.39, 0.29) is 23.8 Å². The van der Waals surface area contributed by atoms with Gasteiger partial charge in [-0.25, -0.2) is 15.0 Å². The largest absolute Gasteiger partial charge is 0.382 e. The van der Waals surface area contributed by atoms with Crippen LogP contribution in [0.2, 0.25) is 0 Å². The normalized spacial score (nSPS) is 18.9. The second-order valence-corrected chi connectivity index (χ2v) is 12.0. The third kappa shape index (κ3) is 5.66. The number of carbonyl (C=O) groups is 2. The molecule has 2 amide bonds. The van der Waals surface area contributed by atoms with E-state index in [1.54, 1.807) is 36.3 Å². The lowest BCUT2D eigenvalue weighted by Gasteiger charge is -2.37. The van der Waals surface area contributed by atoms with Crippen molar-refractivity contribution in [1.29, 1.82) is 0 Å². The molecule has 0 bridgehead atoms. The van der Waals surface area contributed by atoms with Crippen LogP contribution in [0, 0.1) is 0 Å². The van der Waals surface area contributed by atoms with Crippen molar-refractivity contribution in [2.45, 2.75) is 56.9 Å². The first-order valence-corrected chi connectivity index (χ1v) is 15.6. The highest BCUT2D eigenvalue weighted by Gasteiger charge is 2.32. The second kappa shape index (κ2) is 11.5. The summed E-state index contributed by atoms with van der Waals surface area (Å²) in [7, 11) is 0. The van der Waals surface area contributed by atoms with Crippen LogP contribution in [0.3, 0.4) is 0 Å². The van der Waals surface area contributed by atoms with Gasteiger partial charge in [0.15, 0.2) is 0 Å². The molecule has 6 rings (SSSR count). The van der Waals surface area contributed by atoms with Gasteiger partial charge in [-0.15, -0.1) is 0 Å². The Hall–Kier alpha value is -3.92. The molecule has 1 aromatic carbocycles. The lowest BCUT2D eigenvalue weighted by atomic mass is 9.92. The maximum Gasteiger partial charge on any atom is 0.256 e. The molecule has 1 saturated carbocycles. The first-order valence-electron chi connectivity index (χ1n) is 14.2. The number of anilines is 2. The maximum absolute atomic E-state index is 13.0. The number of hydrogen-bond donors (Lipinski definition) is 2. The van der Waals surface area contributed by atoms with E-state index >= 15 is 0 Å². The fraction of sp³-hybridized carbons (Fsp3) is 0.387. The van der Waals surface area contributed by atoms with E-state index < -0.39 is 0 Å². The first kappa shape index (κ1) is 27.3. The summed E-state index contributed by atoms with van der Waals surface area (Å²) in [6.45, 7) is 2.76. The smallest absolute Gasteiger partial charge is 0.256 e. The lowest BCUT2D eigenvalue weighted by molar-refractivity contribution is -0.134. The Kier molecular flexibility index (Phi) is 7.66. The summed E-state index contributed by atoms with van der Waals surface area (Å²) in [4.78, 5) is 41.7. The Morgan fingerprint density at radius 1 is 1.05 bits per heavy atom. The molecule has 0 spiro atoms. The Labute approximate surface area is 244 Å². The number of nitrogen functional groups attached to an aromatic ring is 1. The van der Waals surface area contributed by atoms with Gasteiger partial charge in [-0.1, -0.05) is 12.1 Å². The molecule has 212 valence electrons. The number of hydrogen-bond acceptors (Lipinski definition) is 7. The molecule has 0 radical (unpaired) electrons. The number of pyridine rings is 1. The van der Waals surface area contributed by atoms with Gasteiger partial charge in [-0.2, -0.15) is 11.8 Å². The average Bonchev–Trinajstić information content (AvgIpc) is 3.77. The van der Waals surface area contributed by atoms with Crippen molar-refractivity contribution in [3.05, 3.63) is 71.9 Å². The summed E-state index contributed by atoms with van der Waals surface area (Å²) in [6, 6.07) is 11.6. The van der Waals surface area contributed by atoms with E-state index in [0.29, 0.717) is 36.1 Å². The molecule has 1 saturated heterocycles. The van der Waals surface area contributed by atoms with Crippen LogP contribution in [0.5, 0.6) is 0 Å². The van der Waals surface area contributed by atoms with E-state index in [1.807, 2.05) is 46.0 Å². The van der Waals surface area contributed by atoms with E-state index in [1.165, 1.54) is 18.4 Å². The monoisotopic (exact) mass is 569 g/mol. The Bertz CT molecular complexity index is 1580. The highest BCUT2D eigenvalue weighted by molar-refractivity contribution is 7.98. The molecule has 3 N–H and O–H groups in total. The number of benzene rings is 1. The molecule has 9 nitrogen and oxygen atoms in total. The minimum atomic E-state index is -0.212. The molecule has 41 heavy (non-hydrogen) atoms. The van der Waals surface area contributed by atoms with Gasteiger partial charge in [-0.05, 0) is 74.6 Å². The number of thioether (sulfide) groups is 1. The highest BCUT2D eigenvalue weighted by atomic mass is 32.2. The van der Waals surface area contributed by atoms with Gasteiger partial charge in [0.2, 0.25) is 5.91 Å². The number of imidazole rings is 1. The molecular weight excluding hydrogens is 534 g/mol. The van der Waals surface area contributed by atoms with Crippen molar-refractivity contribution < 1.29 is 9.59 Å². The molecule has 10 heteroatoms. The molecule has 2 atom stereocenters. The number of nitrogens with two attached hydrogens (primary N) is 1. The van der Waals surface area contributed by atoms with Crippen molar-refractivity contribution in [1.82, 2.24) is 24.3 Å². The van der Waals surface area contributed by atoms with Crippen molar-refractivity contribution in [3.8, 4) is 11.3 Å². The number of carbonyl (C=O) groups excluding carboxylic acids is 2. The van der Waals surface area contributed by atoms with Crippen LogP contribution in [0.25, 0.3) is 16.8 Å². The number of piperidine rings is 1. The van der Waals surface area contributed by atoms with Gasteiger partial charge >= 0.3 is 0 Å². The Balaban J connectivity index is 1.26. The van der Waals surface area contributed by atoms with Crippen LogP contribution < -0.4 is 11.1 Å². The fourth-order valence-corrected chi connectivity index (χ4v) is 6.11. The van der Waals surface area contributed by atoms with Gasteiger partial charge in [0.05, 0.1) is 0 Å². The van der Waals surface area contributed by atoms with Gasteiger partial charge < -0.3 is 16.0 Å². The van der Waals surface area contributed by atoms with Crippen molar-refractivity contribution in [2.24, 2.45) is 0 Å². The first-order chi connectivity index (χ1) is 19.9. The number of fused-ring (bicyclic) bond motifs is 1. The van der Waals surface area contributed by atoms with Gasteiger partial charge in [0.25, 0.3) is 5.91 Å². The topological polar surface area (TPSA) is 119 Å². The molecule has 2 fully saturated rings. The molecule has 3 aromatic heterocycles. The maximum atomic E-state index is 13.0. The average molecular weight is 570 g/mol. The van der Waals surface area contributed by atoms with Crippen LogP contribution in [0.4, 0.5) is 11.6 Å². The van der Waals surface area contributed by atoms with Gasteiger partial charge in [0.1, 0.15) is 28.7 Å². The van der Waals surface area contributed by atoms with Crippen LogP contribution in [-0.4, -0.2) is 60.7 Å². The molecular formula is C31H35N7O2S. The number of rotatable bonds is 8. The summed E-state index contributed by atoms with van der Waals surface area (Å²) in [5.74, 6) is 3.31. The lowest BCUT2D eigenvalue weighted by Crippen LogP contribution is -2.45. The number of nitrogens with zero attached hydrogens (tertiary/aromatic N) is 5. The second-order valence-electron chi connectivity index (χ2n) is 11.0. The fourth-order valence-electron chi connectivity index (χ4n) is 5.73. The van der Waals surface area contributed by atoms with Crippen molar-refractivity contribution in [2.75, 3.05) is 29.6 Å². The zero-order chi connectivity index (χ0) is 28.5. The molecule has 0 unspecified atom stereocenters. The highest BCUT2D eigenvalue weighted by Crippen LogP contribution is 2.40. The van der Waals surface area contributed by atoms with Crippen LogP contribution in [-0.2, 0) is 4.79 Å². The molecule has 1 aliphatic carbocycles. The summed E-state index contributed by atoms with van der Waals surface area (Å²) in [5.41, 5.74) is 10.4. The third-order valence-corrected chi connectivity index (χ3v) is 8.81. The predicted octanol–water partition coefficient (Wildman–Crippen LogP) is 5.35. The number of nitrogens with one attached hydrogen (secondary N) is 1. The van der Waals surface area contributed by atoms with Crippen LogP contribution >= 0.6 is 11.8 Å². The van der Waals surface area contributed by atoms with Crippen molar-refractivity contribution in [3.63, 3.8) is 0 Å². The number of aromatic nitrogens is 4. The molecule has 2 aliphatic rings. The van der Waals surface area contributed by atoms with Gasteiger partial charge in [0, 0.05) is 60.4 Å². The summed E-state index contributed by atoms with van der Waals surface area (Å²) >= 11 is 1.69. The van der Waals surface area contributed by atoms with Crippen LogP contribution in [0.1, 0.15) is 72.6 Å². The molecule has 1 aliphatic heterocycles. The molecule has 4 aromatic rings. The van der Waals surface area contributed by atoms with E-state index in [2.05, 4.69) is 22.2 Å². The zero-order valence-corrected chi connectivity index (χ0v) is 24.2. The zero-order valence-electron chi connectivity index (χ0n) is 23.4. The Morgan fingerprint density at radius 3 is 2.59 bits per heavy atom.